The second-order valence-electron chi connectivity index (χ2n) is 13.6. The van der Waals surface area contributed by atoms with Gasteiger partial charge in [0.05, 0.1) is 29.7 Å². The van der Waals surface area contributed by atoms with Crippen molar-refractivity contribution in [1.29, 1.82) is 0 Å². The van der Waals surface area contributed by atoms with Crippen LogP contribution in [0.1, 0.15) is 85.1 Å². The molecule has 0 aliphatic carbocycles. The lowest BCUT2D eigenvalue weighted by Gasteiger charge is -2.38. The van der Waals surface area contributed by atoms with Gasteiger partial charge in [-0.05, 0) is 60.4 Å². The van der Waals surface area contributed by atoms with Gasteiger partial charge in [-0.15, -0.1) is 0 Å². The summed E-state index contributed by atoms with van der Waals surface area (Å²) in [7, 11) is 0. The number of nitrogens with zero attached hydrogens (tertiary/aromatic N) is 2. The molecule has 2 atom stereocenters. The first-order chi connectivity index (χ1) is 25.2. The monoisotopic (exact) mass is 761 g/mol. The number of carbonyl (C=O) groups excluding carboxylic acids is 5. The van der Waals surface area contributed by atoms with E-state index in [-0.39, 0.29) is 38.4 Å². The van der Waals surface area contributed by atoms with Crippen molar-refractivity contribution in [3.05, 3.63) is 47.2 Å². The molecule has 1 saturated heterocycles. The largest absolute Gasteiger partial charge is 0.462 e. The van der Waals surface area contributed by atoms with Gasteiger partial charge in [0.15, 0.2) is 6.10 Å². The predicted octanol–water partition coefficient (Wildman–Crippen LogP) is 6.11. The number of hydrogen-bond acceptors (Lipinski definition) is 14. The summed E-state index contributed by atoms with van der Waals surface area (Å²) in [5.41, 5.74) is 3.59. The molecule has 0 saturated carbocycles. The third-order valence-electron chi connectivity index (χ3n) is 8.28. The zero-order valence-electron chi connectivity index (χ0n) is 31.4. The van der Waals surface area contributed by atoms with Gasteiger partial charge >= 0.3 is 29.8 Å². The van der Waals surface area contributed by atoms with E-state index in [0.29, 0.717) is 30.3 Å². The molecule has 1 aromatic carbocycles. The Bertz CT molecular complexity index is 1500. The van der Waals surface area contributed by atoms with Crippen LogP contribution in [0.2, 0.25) is 5.15 Å². The van der Waals surface area contributed by atoms with Crippen molar-refractivity contribution in [2.75, 3.05) is 50.0 Å². The maximum Gasteiger partial charge on any atom is 0.309 e. The molecular weight excluding hydrogens is 710 g/mol. The summed E-state index contributed by atoms with van der Waals surface area (Å²) in [6.07, 6.45) is 2.27. The molecule has 1 unspecified atom stereocenters. The Balaban J connectivity index is 1.56. The van der Waals surface area contributed by atoms with E-state index >= 15 is 0 Å². The maximum atomic E-state index is 12.8. The molecule has 14 nitrogen and oxygen atoms in total. The Kier molecular flexibility index (Phi) is 17.8. The summed E-state index contributed by atoms with van der Waals surface area (Å²) in [5.74, 6) is -3.35. The van der Waals surface area contributed by atoms with Gasteiger partial charge in [0.1, 0.15) is 18.4 Å². The smallest absolute Gasteiger partial charge is 0.309 e. The summed E-state index contributed by atoms with van der Waals surface area (Å²) in [4.78, 5) is 66.5. The summed E-state index contributed by atoms with van der Waals surface area (Å²) in [5, 5.41) is 3.90. The highest BCUT2D eigenvalue weighted by molar-refractivity contribution is 6.29. The number of rotatable bonds is 20. The zero-order chi connectivity index (χ0) is 38.9. The van der Waals surface area contributed by atoms with Gasteiger partial charge in [-0.1, -0.05) is 45.4 Å². The van der Waals surface area contributed by atoms with Crippen molar-refractivity contribution in [1.82, 2.24) is 4.98 Å². The van der Waals surface area contributed by atoms with Crippen LogP contribution in [-0.4, -0.2) is 86.7 Å². The summed E-state index contributed by atoms with van der Waals surface area (Å²) in [6, 6.07) is 10.0. The van der Waals surface area contributed by atoms with Crippen LogP contribution < -0.4 is 10.2 Å². The molecule has 15 heteroatoms. The quantitative estimate of drug-likeness (QED) is 0.0710. The van der Waals surface area contributed by atoms with Gasteiger partial charge in [0.2, 0.25) is 6.79 Å². The van der Waals surface area contributed by atoms with E-state index in [0.717, 1.165) is 42.0 Å². The molecule has 1 aliphatic heterocycles. The van der Waals surface area contributed by atoms with Crippen LogP contribution in [0.3, 0.4) is 0 Å². The molecule has 1 fully saturated rings. The normalized spacial score (nSPS) is 14.2. The SMILES string of the molecule is CC(=O)OCC(COC(C)=O)OC(=O)CC(C)CC(=O)OCOC(=O)C[C@@H](C)c1ccc(N(CC(C)C)C2CCOCC2)c(Nc2ccc(Cl)nc2)c1. The van der Waals surface area contributed by atoms with Crippen molar-refractivity contribution in [3.63, 3.8) is 0 Å². The third-order valence-corrected chi connectivity index (χ3v) is 8.51. The fourth-order valence-corrected chi connectivity index (χ4v) is 5.82. The number of esters is 5. The first-order valence-electron chi connectivity index (χ1n) is 17.8. The molecule has 0 bridgehead atoms. The molecule has 2 heterocycles. The fraction of sp³-hybridized carbons (Fsp3) is 0.579. The molecule has 0 spiro atoms. The number of aromatic nitrogens is 1. The van der Waals surface area contributed by atoms with E-state index in [4.69, 9.17) is 40.0 Å². The minimum absolute atomic E-state index is 0.0403. The molecule has 2 aromatic rings. The van der Waals surface area contributed by atoms with Crippen LogP contribution >= 0.6 is 11.6 Å². The number of pyridine rings is 1. The summed E-state index contributed by atoms with van der Waals surface area (Å²) in [6.45, 7) is 11.5. The van der Waals surface area contributed by atoms with E-state index in [1.54, 1.807) is 19.2 Å². The maximum absolute atomic E-state index is 12.8. The van der Waals surface area contributed by atoms with Gasteiger partial charge in [-0.25, -0.2) is 4.98 Å². The Morgan fingerprint density at radius 3 is 2.08 bits per heavy atom. The van der Waals surface area contributed by atoms with Crippen molar-refractivity contribution >= 4 is 58.5 Å². The van der Waals surface area contributed by atoms with Gasteiger partial charge in [-0.2, -0.15) is 0 Å². The third kappa shape index (κ3) is 16.0. The Morgan fingerprint density at radius 2 is 1.49 bits per heavy atom. The number of carbonyl (C=O) groups is 5. The minimum atomic E-state index is -0.991. The minimum Gasteiger partial charge on any atom is -0.462 e. The van der Waals surface area contributed by atoms with E-state index < -0.39 is 48.7 Å². The van der Waals surface area contributed by atoms with Crippen molar-refractivity contribution in [2.24, 2.45) is 11.8 Å². The molecular formula is C38H52ClN3O11. The first-order valence-corrected chi connectivity index (χ1v) is 18.2. The second-order valence-corrected chi connectivity index (χ2v) is 14.0. The number of ether oxygens (including phenoxy) is 6. The highest BCUT2D eigenvalue weighted by atomic mass is 35.5. The van der Waals surface area contributed by atoms with E-state index in [2.05, 4.69) is 35.1 Å². The summed E-state index contributed by atoms with van der Waals surface area (Å²) < 4.78 is 30.9. The fourth-order valence-electron chi connectivity index (χ4n) is 5.71. The van der Waals surface area contributed by atoms with Crippen LogP contribution in [0.4, 0.5) is 17.1 Å². The predicted molar refractivity (Wildman–Crippen MR) is 197 cm³/mol. The Labute approximate surface area is 316 Å². The molecule has 292 valence electrons. The number of nitrogens with one attached hydrogen (secondary N) is 1. The number of halogens is 1. The van der Waals surface area contributed by atoms with Crippen LogP contribution in [-0.2, 0) is 52.4 Å². The number of hydrogen-bond donors (Lipinski definition) is 1. The van der Waals surface area contributed by atoms with Crippen molar-refractivity contribution in [3.8, 4) is 0 Å². The zero-order valence-corrected chi connectivity index (χ0v) is 32.1. The average Bonchev–Trinajstić information content (AvgIpc) is 3.09. The highest BCUT2D eigenvalue weighted by Crippen LogP contribution is 2.36. The van der Waals surface area contributed by atoms with Crippen LogP contribution in [0, 0.1) is 11.8 Å². The van der Waals surface area contributed by atoms with Gasteiger partial charge in [0, 0.05) is 52.5 Å². The summed E-state index contributed by atoms with van der Waals surface area (Å²) >= 11 is 6.04. The second kappa shape index (κ2) is 21.9. The average molecular weight is 762 g/mol. The Morgan fingerprint density at radius 1 is 0.868 bits per heavy atom. The Hall–Kier alpha value is -4.43. The molecule has 0 radical (unpaired) electrons. The van der Waals surface area contributed by atoms with Crippen molar-refractivity contribution in [2.45, 2.75) is 91.7 Å². The van der Waals surface area contributed by atoms with Crippen LogP contribution in [0.25, 0.3) is 0 Å². The number of benzene rings is 1. The number of anilines is 3. The molecule has 0 amide bonds. The molecule has 1 aromatic heterocycles. The van der Waals surface area contributed by atoms with Crippen LogP contribution in [0.5, 0.6) is 0 Å². The first kappa shape index (κ1) is 43.0. The lowest BCUT2D eigenvalue weighted by atomic mass is 9.95. The lowest BCUT2D eigenvalue weighted by Crippen LogP contribution is -2.42. The topological polar surface area (TPSA) is 169 Å². The van der Waals surface area contributed by atoms with Crippen LogP contribution in [0.15, 0.2) is 36.5 Å². The standard InChI is InChI=1S/C38H52ClN3O11/c1-24(2)20-42(31-11-13-48-14-12-31)34-9-7-29(18-33(34)41-30-8-10-35(39)40-19-30)26(4)17-37(46)52-23-51-36(45)15-25(3)16-38(47)53-32(21-49-27(5)43)22-50-28(6)44/h7-10,18-19,24-26,31-32,41H,11-17,20-23H2,1-6H3/t25?,26-/m1/s1. The molecule has 1 N–H and O–H groups in total. The molecule has 53 heavy (non-hydrogen) atoms. The van der Waals surface area contributed by atoms with Gasteiger partial charge < -0.3 is 38.6 Å². The van der Waals surface area contributed by atoms with E-state index in [9.17, 15) is 24.0 Å². The van der Waals surface area contributed by atoms with E-state index in [1.165, 1.54) is 13.8 Å². The lowest BCUT2D eigenvalue weighted by molar-refractivity contribution is -0.169. The molecule has 1 aliphatic rings. The van der Waals surface area contributed by atoms with Gasteiger partial charge in [-0.3, -0.25) is 24.0 Å². The van der Waals surface area contributed by atoms with Crippen molar-refractivity contribution < 1.29 is 52.4 Å². The highest BCUT2D eigenvalue weighted by Gasteiger charge is 2.26. The van der Waals surface area contributed by atoms with E-state index in [1.807, 2.05) is 25.1 Å². The van der Waals surface area contributed by atoms with Gasteiger partial charge in [0.25, 0.3) is 0 Å². The molecule has 3 rings (SSSR count).